The van der Waals surface area contributed by atoms with E-state index in [-0.39, 0.29) is 0 Å². The summed E-state index contributed by atoms with van der Waals surface area (Å²) in [5, 5.41) is 2.50. The van der Waals surface area contributed by atoms with Gasteiger partial charge in [-0.05, 0) is 126 Å². The van der Waals surface area contributed by atoms with E-state index in [0.717, 1.165) is 28.2 Å². The van der Waals surface area contributed by atoms with E-state index in [1.165, 1.54) is 77.5 Å². The third kappa shape index (κ3) is 6.64. The van der Waals surface area contributed by atoms with E-state index in [4.69, 9.17) is 0 Å². The SMILES string of the molecule is c1ccc(-c2ccc(N(c3ccc(-c4ccc5c(c4)C(c4ccccc4)(c4ccccc4)c4ccccc4-5)cc3)c3ccccc3-c3cccc(-c4cccc5ccccc45)c3)cc2)cc1. The molecule has 0 bridgehead atoms. The van der Waals surface area contributed by atoms with Gasteiger partial charge in [-0.2, -0.15) is 0 Å². The third-order valence-electron chi connectivity index (χ3n) is 13.6. The van der Waals surface area contributed by atoms with E-state index < -0.39 is 5.41 Å². The lowest BCUT2D eigenvalue weighted by Crippen LogP contribution is -2.28. The first kappa shape index (κ1) is 39.1. The highest BCUT2D eigenvalue weighted by Crippen LogP contribution is 2.57. The first-order valence-corrected chi connectivity index (χ1v) is 22.8. The first-order valence-electron chi connectivity index (χ1n) is 22.8. The largest absolute Gasteiger partial charge is 0.310 e. The molecule has 0 aromatic heterocycles. The van der Waals surface area contributed by atoms with Crippen molar-refractivity contribution in [1.29, 1.82) is 0 Å². The molecule has 0 aliphatic heterocycles. The van der Waals surface area contributed by atoms with Gasteiger partial charge in [-0.3, -0.25) is 0 Å². The molecule has 1 nitrogen and oxygen atoms in total. The third-order valence-corrected chi connectivity index (χ3v) is 13.6. The van der Waals surface area contributed by atoms with Gasteiger partial charge in [0.1, 0.15) is 0 Å². The second kappa shape index (κ2) is 16.6. The Morgan fingerprint density at radius 2 is 0.712 bits per heavy atom. The van der Waals surface area contributed by atoms with E-state index in [1.807, 2.05) is 0 Å². The van der Waals surface area contributed by atoms with Gasteiger partial charge in [0.2, 0.25) is 0 Å². The lowest BCUT2D eigenvalue weighted by atomic mass is 9.67. The number of hydrogen-bond donors (Lipinski definition) is 0. The lowest BCUT2D eigenvalue weighted by Gasteiger charge is -2.34. The molecule has 1 aliphatic rings. The average Bonchev–Trinajstić information content (AvgIpc) is 3.70. The van der Waals surface area contributed by atoms with Gasteiger partial charge in [0.25, 0.3) is 0 Å². The summed E-state index contributed by atoms with van der Waals surface area (Å²) in [6, 6.07) is 99.9. The lowest BCUT2D eigenvalue weighted by molar-refractivity contribution is 0.769. The van der Waals surface area contributed by atoms with Crippen LogP contribution in [0.3, 0.4) is 0 Å². The van der Waals surface area contributed by atoms with Crippen LogP contribution in [0.25, 0.3) is 66.4 Å². The molecule has 0 N–H and O–H groups in total. The maximum Gasteiger partial charge on any atom is 0.0713 e. The molecule has 0 unspecified atom stereocenters. The van der Waals surface area contributed by atoms with Crippen LogP contribution in [0.15, 0.2) is 273 Å². The average molecular weight is 840 g/mol. The van der Waals surface area contributed by atoms with E-state index in [2.05, 4.69) is 278 Å². The molecule has 1 heteroatoms. The second-order valence-electron chi connectivity index (χ2n) is 17.2. The van der Waals surface area contributed by atoms with Crippen molar-refractivity contribution in [2.75, 3.05) is 4.90 Å². The highest BCUT2D eigenvalue weighted by atomic mass is 15.1. The molecular formula is C65H45N. The number of rotatable bonds is 9. The van der Waals surface area contributed by atoms with Crippen molar-refractivity contribution in [3.63, 3.8) is 0 Å². The number of benzene rings is 11. The minimum absolute atomic E-state index is 0.457. The van der Waals surface area contributed by atoms with Crippen molar-refractivity contribution in [1.82, 2.24) is 0 Å². The van der Waals surface area contributed by atoms with Crippen molar-refractivity contribution in [3.8, 4) is 55.6 Å². The number of anilines is 3. The summed E-state index contributed by atoms with van der Waals surface area (Å²) in [5.74, 6) is 0. The standard InChI is InChI=1S/C65H45N/c1-4-18-46(19-5-1)47-34-39-55(40-35-47)66(64-33-15-13-29-59(64)52-23-16-22-51(44-52)58-31-17-21-49-20-10-11-28-57(49)58)56-41-36-48(37-42-56)50-38-43-61-60-30-12-14-32-62(60)65(63(61)45-50,53-24-6-2-7-25-53)54-26-8-3-9-27-54/h1-45H. The summed E-state index contributed by atoms with van der Waals surface area (Å²) >= 11 is 0. The minimum Gasteiger partial charge on any atom is -0.310 e. The van der Waals surface area contributed by atoms with Crippen molar-refractivity contribution in [2.24, 2.45) is 0 Å². The van der Waals surface area contributed by atoms with E-state index in [1.54, 1.807) is 0 Å². The van der Waals surface area contributed by atoms with E-state index in [9.17, 15) is 0 Å². The fourth-order valence-corrected chi connectivity index (χ4v) is 10.5. The number of fused-ring (bicyclic) bond motifs is 4. The molecule has 66 heavy (non-hydrogen) atoms. The Labute approximate surface area is 387 Å². The zero-order chi connectivity index (χ0) is 43.9. The van der Waals surface area contributed by atoms with Gasteiger partial charge in [-0.25, -0.2) is 0 Å². The molecule has 12 rings (SSSR count). The molecule has 0 atom stereocenters. The summed E-state index contributed by atoms with van der Waals surface area (Å²) in [4.78, 5) is 2.41. The summed E-state index contributed by atoms with van der Waals surface area (Å²) in [5.41, 5.74) is 20.1. The predicted octanol–water partition coefficient (Wildman–Crippen LogP) is 17.3. The monoisotopic (exact) mass is 839 g/mol. The predicted molar refractivity (Wildman–Crippen MR) is 278 cm³/mol. The highest BCUT2D eigenvalue weighted by Gasteiger charge is 2.46. The molecule has 11 aromatic rings. The van der Waals surface area contributed by atoms with Crippen LogP contribution in [-0.4, -0.2) is 0 Å². The van der Waals surface area contributed by atoms with Crippen molar-refractivity contribution >= 4 is 27.8 Å². The summed E-state index contributed by atoms with van der Waals surface area (Å²) in [6.07, 6.45) is 0. The molecule has 310 valence electrons. The van der Waals surface area contributed by atoms with Gasteiger partial charge in [-0.1, -0.05) is 231 Å². The van der Waals surface area contributed by atoms with Crippen LogP contribution in [0, 0.1) is 0 Å². The molecule has 11 aromatic carbocycles. The first-order chi connectivity index (χ1) is 32.7. The maximum atomic E-state index is 2.45. The minimum atomic E-state index is -0.457. The van der Waals surface area contributed by atoms with Crippen LogP contribution in [0.5, 0.6) is 0 Å². The molecular weight excluding hydrogens is 795 g/mol. The molecule has 0 radical (unpaired) electrons. The van der Waals surface area contributed by atoms with Crippen molar-refractivity contribution in [3.05, 3.63) is 295 Å². The highest BCUT2D eigenvalue weighted by molar-refractivity contribution is 5.98. The molecule has 0 amide bonds. The maximum absolute atomic E-state index is 2.45. The normalized spacial score (nSPS) is 12.4. The Balaban J connectivity index is 0.982. The van der Waals surface area contributed by atoms with Crippen LogP contribution in [0.4, 0.5) is 17.1 Å². The van der Waals surface area contributed by atoms with Crippen molar-refractivity contribution in [2.45, 2.75) is 5.41 Å². The Morgan fingerprint density at radius 3 is 1.41 bits per heavy atom. The number of nitrogens with zero attached hydrogens (tertiary/aromatic N) is 1. The zero-order valence-electron chi connectivity index (χ0n) is 36.4. The Hall–Kier alpha value is -8.52. The molecule has 0 saturated heterocycles. The smallest absolute Gasteiger partial charge is 0.0713 e. The van der Waals surface area contributed by atoms with E-state index >= 15 is 0 Å². The number of hydrogen-bond acceptors (Lipinski definition) is 1. The van der Waals surface area contributed by atoms with Gasteiger partial charge in [-0.15, -0.1) is 0 Å². The topological polar surface area (TPSA) is 3.24 Å². The van der Waals surface area contributed by atoms with Gasteiger partial charge in [0.15, 0.2) is 0 Å². The van der Waals surface area contributed by atoms with Crippen LogP contribution in [0.2, 0.25) is 0 Å². The van der Waals surface area contributed by atoms with Gasteiger partial charge in [0, 0.05) is 16.9 Å². The second-order valence-corrected chi connectivity index (χ2v) is 17.2. The van der Waals surface area contributed by atoms with E-state index in [0.29, 0.717) is 0 Å². The van der Waals surface area contributed by atoms with Crippen LogP contribution in [0.1, 0.15) is 22.3 Å². The summed E-state index contributed by atoms with van der Waals surface area (Å²) in [7, 11) is 0. The molecule has 1 aliphatic carbocycles. The summed E-state index contributed by atoms with van der Waals surface area (Å²) < 4.78 is 0. The number of para-hydroxylation sites is 1. The molecule has 0 heterocycles. The van der Waals surface area contributed by atoms with Crippen LogP contribution in [-0.2, 0) is 5.41 Å². The summed E-state index contributed by atoms with van der Waals surface area (Å²) in [6.45, 7) is 0. The van der Waals surface area contributed by atoms with Crippen LogP contribution < -0.4 is 4.90 Å². The van der Waals surface area contributed by atoms with Crippen molar-refractivity contribution < 1.29 is 0 Å². The molecule has 0 saturated carbocycles. The fourth-order valence-electron chi connectivity index (χ4n) is 10.5. The van der Waals surface area contributed by atoms with Gasteiger partial charge >= 0.3 is 0 Å². The molecule has 0 fully saturated rings. The van der Waals surface area contributed by atoms with Gasteiger partial charge in [0.05, 0.1) is 11.1 Å². The van der Waals surface area contributed by atoms with Crippen LogP contribution >= 0.6 is 0 Å². The van der Waals surface area contributed by atoms with Gasteiger partial charge < -0.3 is 4.90 Å². The fraction of sp³-hybridized carbons (Fsp3) is 0.0154. The molecule has 0 spiro atoms. The Morgan fingerprint density at radius 1 is 0.258 bits per heavy atom. The quantitative estimate of drug-likeness (QED) is 0.140. The Kier molecular flexibility index (Phi) is 9.81. The zero-order valence-corrected chi connectivity index (χ0v) is 36.4. The Bertz CT molecular complexity index is 3460.